The fourth-order valence-electron chi connectivity index (χ4n) is 1.52. The molecule has 5 heteroatoms. The van der Waals surface area contributed by atoms with E-state index >= 15 is 0 Å². The van der Waals surface area contributed by atoms with Crippen molar-refractivity contribution in [3.8, 4) is 0 Å². The third kappa shape index (κ3) is 2.70. The van der Waals surface area contributed by atoms with Crippen LogP contribution in [0.1, 0.15) is 24.9 Å². The van der Waals surface area contributed by atoms with Gasteiger partial charge in [-0.05, 0) is 13.0 Å². The molecule has 2 heterocycles. The summed E-state index contributed by atoms with van der Waals surface area (Å²) in [5, 5.41) is 7.01. The Balaban J connectivity index is 1.96. The van der Waals surface area contributed by atoms with Gasteiger partial charge in [0.15, 0.2) is 5.76 Å². The number of nitrogens with zero attached hydrogens (tertiary/aromatic N) is 3. The maximum Gasteiger partial charge on any atom is 0.156 e. The maximum absolute atomic E-state index is 5.07. The molecule has 2 aromatic heterocycles. The Bertz CT molecular complexity index is 407. The Morgan fingerprint density at radius 2 is 2.38 bits per heavy atom. The highest BCUT2D eigenvalue weighted by molar-refractivity contribution is 4.99. The lowest BCUT2D eigenvalue weighted by atomic mass is 10.4. The molecule has 0 aliphatic carbocycles. The Kier molecular flexibility index (Phi) is 3.71. The molecule has 0 fully saturated rings. The molecular weight excluding hydrogens is 204 g/mol. The first-order chi connectivity index (χ1) is 7.90. The monoisotopic (exact) mass is 220 g/mol. The summed E-state index contributed by atoms with van der Waals surface area (Å²) in [6.07, 6.45) is 6.54. The molecule has 0 bridgehead atoms. The minimum absolute atomic E-state index is 0.684. The minimum atomic E-state index is 0.684. The molecule has 1 N–H and O–H groups in total. The molecule has 2 rings (SSSR count). The number of hydrogen-bond donors (Lipinski definition) is 1. The molecule has 0 unspecified atom stereocenters. The molecule has 5 nitrogen and oxygen atoms in total. The van der Waals surface area contributed by atoms with E-state index in [2.05, 4.69) is 26.9 Å². The van der Waals surface area contributed by atoms with Crippen molar-refractivity contribution in [1.82, 2.24) is 20.0 Å². The van der Waals surface area contributed by atoms with Crippen LogP contribution in [0.25, 0.3) is 0 Å². The molecule has 2 aromatic rings. The number of imidazole rings is 1. The first kappa shape index (κ1) is 10.9. The average molecular weight is 220 g/mol. The zero-order chi connectivity index (χ0) is 11.2. The molecule has 0 saturated heterocycles. The van der Waals surface area contributed by atoms with Gasteiger partial charge >= 0.3 is 0 Å². The van der Waals surface area contributed by atoms with Crippen LogP contribution in [0.15, 0.2) is 29.2 Å². The van der Waals surface area contributed by atoms with E-state index in [9.17, 15) is 0 Å². The Labute approximate surface area is 94.5 Å². The topological polar surface area (TPSA) is 55.9 Å². The van der Waals surface area contributed by atoms with Crippen LogP contribution in [0.5, 0.6) is 0 Å². The van der Waals surface area contributed by atoms with Crippen LogP contribution in [0.2, 0.25) is 0 Å². The van der Waals surface area contributed by atoms with Gasteiger partial charge in [-0.15, -0.1) is 0 Å². The molecule has 0 amide bonds. The van der Waals surface area contributed by atoms with Crippen LogP contribution in [-0.4, -0.2) is 21.3 Å². The summed E-state index contributed by atoms with van der Waals surface area (Å²) in [5.41, 5.74) is 0. The lowest BCUT2D eigenvalue weighted by Crippen LogP contribution is -2.17. The Hall–Kier alpha value is -1.62. The highest BCUT2D eigenvalue weighted by atomic mass is 16.5. The fourth-order valence-corrected chi connectivity index (χ4v) is 1.52. The summed E-state index contributed by atoms with van der Waals surface area (Å²) in [6, 6.07) is 1.86. The lowest BCUT2D eigenvalue weighted by molar-refractivity contribution is 0.374. The van der Waals surface area contributed by atoms with E-state index in [1.54, 1.807) is 12.4 Å². The zero-order valence-electron chi connectivity index (χ0n) is 9.39. The standard InChI is InChI=1S/C11H16N4O/c1-2-4-12-8-11-13-6-7-15(11)9-10-3-5-14-16-10/h3,5-7,12H,2,4,8-9H2,1H3. The van der Waals surface area contributed by atoms with Crippen molar-refractivity contribution in [2.24, 2.45) is 0 Å². The van der Waals surface area contributed by atoms with Gasteiger partial charge in [0.25, 0.3) is 0 Å². The van der Waals surface area contributed by atoms with Crippen LogP contribution in [0, 0.1) is 0 Å². The molecule has 86 valence electrons. The predicted molar refractivity (Wildman–Crippen MR) is 59.8 cm³/mol. The number of nitrogens with one attached hydrogen (secondary N) is 1. The highest BCUT2D eigenvalue weighted by Crippen LogP contribution is 2.04. The van der Waals surface area contributed by atoms with Gasteiger partial charge in [-0.2, -0.15) is 0 Å². The molecule has 0 atom stereocenters. The maximum atomic E-state index is 5.07. The SMILES string of the molecule is CCCNCc1nccn1Cc1ccno1. The van der Waals surface area contributed by atoms with Crippen molar-refractivity contribution in [2.45, 2.75) is 26.4 Å². The average Bonchev–Trinajstić information content (AvgIpc) is 2.92. The van der Waals surface area contributed by atoms with Gasteiger partial charge in [0.1, 0.15) is 5.82 Å². The van der Waals surface area contributed by atoms with E-state index in [1.165, 1.54) is 0 Å². The van der Waals surface area contributed by atoms with Crippen molar-refractivity contribution >= 4 is 0 Å². The van der Waals surface area contributed by atoms with Crippen LogP contribution in [0.4, 0.5) is 0 Å². The van der Waals surface area contributed by atoms with Gasteiger partial charge in [-0.3, -0.25) is 0 Å². The third-order valence-electron chi connectivity index (χ3n) is 2.33. The molecule has 0 aliphatic heterocycles. The largest absolute Gasteiger partial charge is 0.359 e. The molecule has 0 radical (unpaired) electrons. The van der Waals surface area contributed by atoms with Crippen molar-refractivity contribution < 1.29 is 4.52 Å². The van der Waals surface area contributed by atoms with Crippen molar-refractivity contribution in [2.75, 3.05) is 6.54 Å². The summed E-state index contributed by atoms with van der Waals surface area (Å²) in [5.74, 6) is 1.86. The van der Waals surface area contributed by atoms with Crippen molar-refractivity contribution in [3.63, 3.8) is 0 Å². The van der Waals surface area contributed by atoms with Crippen molar-refractivity contribution in [1.29, 1.82) is 0 Å². The molecule has 0 spiro atoms. The number of rotatable bonds is 6. The highest BCUT2D eigenvalue weighted by Gasteiger charge is 2.04. The summed E-state index contributed by atoms with van der Waals surface area (Å²) >= 11 is 0. The van der Waals surface area contributed by atoms with E-state index in [0.717, 1.165) is 31.1 Å². The molecule has 0 aromatic carbocycles. The van der Waals surface area contributed by atoms with E-state index < -0.39 is 0 Å². The van der Waals surface area contributed by atoms with Gasteiger partial charge < -0.3 is 14.4 Å². The molecule has 0 saturated carbocycles. The second kappa shape index (κ2) is 5.46. The number of hydrogen-bond acceptors (Lipinski definition) is 4. The third-order valence-corrected chi connectivity index (χ3v) is 2.33. The summed E-state index contributed by atoms with van der Waals surface area (Å²) in [4.78, 5) is 4.31. The van der Waals surface area contributed by atoms with E-state index in [-0.39, 0.29) is 0 Å². The summed E-state index contributed by atoms with van der Waals surface area (Å²) < 4.78 is 7.13. The second-order valence-corrected chi connectivity index (χ2v) is 3.63. The predicted octanol–water partition coefficient (Wildman–Crippen LogP) is 1.42. The first-order valence-electron chi connectivity index (χ1n) is 5.50. The fraction of sp³-hybridized carbons (Fsp3) is 0.455. The van der Waals surface area contributed by atoms with Gasteiger partial charge in [0, 0.05) is 18.5 Å². The Morgan fingerprint density at radius 1 is 1.44 bits per heavy atom. The molecule has 0 aliphatic rings. The van der Waals surface area contributed by atoms with Gasteiger partial charge in [-0.1, -0.05) is 12.1 Å². The quantitative estimate of drug-likeness (QED) is 0.748. The second-order valence-electron chi connectivity index (χ2n) is 3.63. The van der Waals surface area contributed by atoms with E-state index in [1.807, 2.05) is 12.3 Å². The van der Waals surface area contributed by atoms with Gasteiger partial charge in [-0.25, -0.2) is 4.98 Å². The zero-order valence-corrected chi connectivity index (χ0v) is 9.39. The Morgan fingerprint density at radius 3 is 3.12 bits per heavy atom. The number of aromatic nitrogens is 3. The van der Waals surface area contributed by atoms with Crippen LogP contribution in [0.3, 0.4) is 0 Å². The summed E-state index contributed by atoms with van der Waals surface area (Å²) in [7, 11) is 0. The van der Waals surface area contributed by atoms with E-state index in [0.29, 0.717) is 6.54 Å². The van der Waals surface area contributed by atoms with Gasteiger partial charge in [0.2, 0.25) is 0 Å². The smallest absolute Gasteiger partial charge is 0.156 e. The van der Waals surface area contributed by atoms with Crippen LogP contribution < -0.4 is 5.32 Å². The normalized spacial score (nSPS) is 10.8. The molecular formula is C11H16N4O. The minimum Gasteiger partial charge on any atom is -0.359 e. The van der Waals surface area contributed by atoms with Crippen LogP contribution >= 0.6 is 0 Å². The summed E-state index contributed by atoms with van der Waals surface area (Å²) in [6.45, 7) is 4.63. The lowest BCUT2D eigenvalue weighted by Gasteiger charge is -2.06. The molecule has 16 heavy (non-hydrogen) atoms. The van der Waals surface area contributed by atoms with Crippen molar-refractivity contribution in [3.05, 3.63) is 36.2 Å². The van der Waals surface area contributed by atoms with E-state index in [4.69, 9.17) is 4.52 Å². The first-order valence-corrected chi connectivity index (χ1v) is 5.50. The van der Waals surface area contributed by atoms with Crippen LogP contribution in [-0.2, 0) is 13.1 Å². The van der Waals surface area contributed by atoms with Gasteiger partial charge in [0.05, 0.1) is 19.3 Å².